The minimum absolute atomic E-state index is 0.259. The molecule has 1 aliphatic rings. The number of hydrogen-bond acceptors (Lipinski definition) is 3. The highest BCUT2D eigenvalue weighted by Gasteiger charge is 2.20. The van der Waals surface area contributed by atoms with Crippen LogP contribution in [0.5, 0.6) is 0 Å². The highest BCUT2D eigenvalue weighted by Crippen LogP contribution is 2.24. The van der Waals surface area contributed by atoms with E-state index in [0.29, 0.717) is 24.0 Å². The molecule has 1 fully saturated rings. The van der Waals surface area contributed by atoms with E-state index in [-0.39, 0.29) is 5.82 Å². The summed E-state index contributed by atoms with van der Waals surface area (Å²) in [4.78, 5) is 8.72. The van der Waals surface area contributed by atoms with Crippen molar-refractivity contribution in [2.45, 2.75) is 46.1 Å². The first-order valence-corrected chi connectivity index (χ1v) is 9.28. The van der Waals surface area contributed by atoms with Gasteiger partial charge in [0.05, 0.1) is 17.4 Å². The second-order valence-corrected chi connectivity index (χ2v) is 6.79. The number of hydrazone groups is 1. The van der Waals surface area contributed by atoms with Crippen molar-refractivity contribution >= 4 is 11.5 Å². The summed E-state index contributed by atoms with van der Waals surface area (Å²) in [6.45, 7) is 9.64. The number of pyridine rings is 1. The summed E-state index contributed by atoms with van der Waals surface area (Å²) >= 11 is 0. The third kappa shape index (κ3) is 4.67. The number of benzene rings is 1. The van der Waals surface area contributed by atoms with E-state index in [1.54, 1.807) is 18.3 Å². The van der Waals surface area contributed by atoms with Gasteiger partial charge in [0, 0.05) is 17.3 Å². The predicted molar refractivity (Wildman–Crippen MR) is 110 cm³/mol. The molecule has 0 bridgehead atoms. The number of aromatic nitrogens is 1. The molecule has 0 aliphatic heterocycles. The fourth-order valence-corrected chi connectivity index (χ4v) is 2.86. The van der Waals surface area contributed by atoms with E-state index in [1.807, 2.05) is 39.0 Å². The number of nitrogens with zero attached hydrogens (tertiary/aromatic N) is 3. The molecule has 0 saturated heterocycles. The van der Waals surface area contributed by atoms with Gasteiger partial charge in [0.25, 0.3) is 0 Å². The summed E-state index contributed by atoms with van der Waals surface area (Å²) in [6.07, 6.45) is 6.27. The fourth-order valence-electron chi connectivity index (χ4n) is 2.86. The van der Waals surface area contributed by atoms with Crippen LogP contribution in [0.25, 0.3) is 11.1 Å². The maximum atomic E-state index is 14.0. The summed E-state index contributed by atoms with van der Waals surface area (Å²) in [6, 6.07) is 7.96. The lowest BCUT2D eigenvalue weighted by Crippen LogP contribution is -2.18. The van der Waals surface area contributed by atoms with Gasteiger partial charge in [-0.15, -0.1) is 0 Å². The number of rotatable bonds is 6. The molecule has 0 spiro atoms. The highest BCUT2D eigenvalue weighted by atomic mass is 19.1. The molecule has 0 amide bonds. The summed E-state index contributed by atoms with van der Waals surface area (Å²) in [5, 5.41) is 4.44. The second-order valence-electron chi connectivity index (χ2n) is 6.79. The molecular weight excluding hydrogens is 339 g/mol. The average molecular weight is 364 g/mol. The molecule has 140 valence electrons. The van der Waals surface area contributed by atoms with Crippen LogP contribution in [0.15, 0.2) is 53.2 Å². The van der Waals surface area contributed by atoms with Gasteiger partial charge >= 0.3 is 0 Å². The number of aryl methyl sites for hydroxylation is 2. The van der Waals surface area contributed by atoms with Crippen LogP contribution >= 0.6 is 0 Å². The first kappa shape index (κ1) is 19.0. The molecule has 5 heteroatoms. The Labute approximate surface area is 160 Å². The molecule has 0 atom stereocenters. The number of aliphatic imine (C=N–C) groups is 1. The number of halogens is 1. The normalized spacial score (nSPS) is 15.0. The van der Waals surface area contributed by atoms with Crippen molar-refractivity contribution in [3.8, 4) is 11.1 Å². The van der Waals surface area contributed by atoms with Crippen molar-refractivity contribution in [3.05, 3.63) is 65.8 Å². The Kier molecular flexibility index (Phi) is 5.79. The Morgan fingerprint density at radius 2 is 2.11 bits per heavy atom. The lowest BCUT2D eigenvalue weighted by atomic mass is 9.98. The van der Waals surface area contributed by atoms with E-state index in [9.17, 15) is 4.39 Å². The monoisotopic (exact) mass is 364 g/mol. The van der Waals surface area contributed by atoms with Crippen LogP contribution in [0.4, 0.5) is 4.39 Å². The van der Waals surface area contributed by atoms with Crippen LogP contribution in [0.2, 0.25) is 0 Å². The van der Waals surface area contributed by atoms with Crippen LogP contribution in [0, 0.1) is 12.7 Å². The van der Waals surface area contributed by atoms with Gasteiger partial charge in [0.2, 0.25) is 0 Å². The molecule has 1 heterocycles. The molecule has 1 aromatic heterocycles. The molecule has 1 aromatic carbocycles. The Morgan fingerprint density at radius 1 is 1.33 bits per heavy atom. The van der Waals surface area contributed by atoms with Crippen molar-refractivity contribution in [1.29, 1.82) is 0 Å². The van der Waals surface area contributed by atoms with Gasteiger partial charge in [0.15, 0.2) is 0 Å². The average Bonchev–Trinajstić information content (AvgIpc) is 3.48. The van der Waals surface area contributed by atoms with Gasteiger partial charge in [0.1, 0.15) is 11.7 Å². The Balaban J connectivity index is 1.80. The van der Waals surface area contributed by atoms with Crippen LogP contribution in [-0.2, 0) is 6.42 Å². The lowest BCUT2D eigenvalue weighted by molar-refractivity contribution is 0.602. The number of hydrogen-bond donors (Lipinski definition) is 1. The van der Waals surface area contributed by atoms with Crippen molar-refractivity contribution in [2.75, 3.05) is 0 Å². The van der Waals surface area contributed by atoms with Crippen LogP contribution in [0.3, 0.4) is 0 Å². The highest BCUT2D eigenvalue weighted by molar-refractivity contribution is 6.02. The van der Waals surface area contributed by atoms with Gasteiger partial charge in [-0.1, -0.05) is 31.7 Å². The number of amidine groups is 1. The summed E-state index contributed by atoms with van der Waals surface area (Å²) in [5.41, 5.74) is 8.15. The van der Waals surface area contributed by atoms with Gasteiger partial charge in [-0.05, 0) is 56.4 Å². The van der Waals surface area contributed by atoms with Crippen LogP contribution in [-0.4, -0.2) is 22.6 Å². The molecule has 1 saturated carbocycles. The van der Waals surface area contributed by atoms with E-state index in [1.165, 1.54) is 0 Å². The molecule has 0 unspecified atom stereocenters. The van der Waals surface area contributed by atoms with E-state index in [4.69, 9.17) is 0 Å². The molecule has 4 nitrogen and oxygen atoms in total. The van der Waals surface area contributed by atoms with Gasteiger partial charge in [-0.3, -0.25) is 15.4 Å². The van der Waals surface area contributed by atoms with Crippen molar-refractivity contribution in [1.82, 2.24) is 10.4 Å². The maximum absolute atomic E-state index is 14.0. The van der Waals surface area contributed by atoms with Crippen LogP contribution in [0.1, 0.15) is 43.5 Å². The molecule has 1 aliphatic carbocycles. The van der Waals surface area contributed by atoms with Crippen molar-refractivity contribution in [3.63, 3.8) is 0 Å². The smallest absolute Gasteiger partial charge is 0.145 e. The zero-order chi connectivity index (χ0) is 19.4. The van der Waals surface area contributed by atoms with E-state index < -0.39 is 0 Å². The zero-order valence-electron chi connectivity index (χ0n) is 16.1. The van der Waals surface area contributed by atoms with E-state index in [0.717, 1.165) is 40.8 Å². The maximum Gasteiger partial charge on any atom is 0.145 e. The molecule has 2 aromatic rings. The van der Waals surface area contributed by atoms with Crippen molar-refractivity contribution in [2.24, 2.45) is 10.1 Å². The Morgan fingerprint density at radius 3 is 2.70 bits per heavy atom. The summed E-state index contributed by atoms with van der Waals surface area (Å²) in [5.74, 6) is 0.439. The first-order chi connectivity index (χ1) is 13.0. The Hall–Kier alpha value is -2.82. The quantitative estimate of drug-likeness (QED) is 0.454. The van der Waals surface area contributed by atoms with Gasteiger partial charge < -0.3 is 0 Å². The third-order valence-corrected chi connectivity index (χ3v) is 4.60. The number of nitrogens with one attached hydrogen (secondary N) is 1. The van der Waals surface area contributed by atoms with Gasteiger partial charge in [-0.25, -0.2) is 4.39 Å². The van der Waals surface area contributed by atoms with E-state index >= 15 is 0 Å². The molecule has 27 heavy (non-hydrogen) atoms. The molecule has 1 N–H and O–H groups in total. The second kappa shape index (κ2) is 8.25. The van der Waals surface area contributed by atoms with Crippen molar-refractivity contribution < 1.29 is 4.39 Å². The SMILES string of the molecule is C=CC(=NC1CC1)N/N=C(\C)c1ccc(-c2cnc(CC)c(F)c2)cc1C. The molecule has 0 radical (unpaired) electrons. The Bertz CT molecular complexity index is 911. The summed E-state index contributed by atoms with van der Waals surface area (Å²) in [7, 11) is 0. The largest absolute Gasteiger partial charge is 0.264 e. The fraction of sp³-hybridized carbons (Fsp3) is 0.318. The predicted octanol–water partition coefficient (Wildman–Crippen LogP) is 4.82. The van der Waals surface area contributed by atoms with Crippen LogP contribution < -0.4 is 5.43 Å². The van der Waals surface area contributed by atoms with E-state index in [2.05, 4.69) is 27.1 Å². The van der Waals surface area contributed by atoms with Gasteiger partial charge in [-0.2, -0.15) is 5.10 Å². The first-order valence-electron chi connectivity index (χ1n) is 9.28. The molecular formula is C22H25FN4. The summed E-state index contributed by atoms with van der Waals surface area (Å²) < 4.78 is 14.0. The zero-order valence-corrected chi connectivity index (χ0v) is 16.1. The molecule has 3 rings (SSSR count). The lowest BCUT2D eigenvalue weighted by Gasteiger charge is -2.10. The minimum Gasteiger partial charge on any atom is -0.264 e. The standard InChI is InChI=1S/C22H25FN4/c1-5-21-20(23)12-17(13-24-21)16-7-10-19(14(3)11-16)15(4)26-27-22(6-2)25-18-8-9-18/h6-7,10-13,18H,2,5,8-9H2,1,3-4H3,(H,25,27)/b26-15+. The topological polar surface area (TPSA) is 49.6 Å². The minimum atomic E-state index is -0.259. The third-order valence-electron chi connectivity index (χ3n) is 4.60.